The summed E-state index contributed by atoms with van der Waals surface area (Å²) in [5, 5.41) is 2.94. The van der Waals surface area contributed by atoms with E-state index in [0.29, 0.717) is 30.1 Å². The molecular weight excluding hydrogens is 364 g/mol. The summed E-state index contributed by atoms with van der Waals surface area (Å²) in [4.78, 5) is 15.0. The van der Waals surface area contributed by atoms with E-state index < -0.39 is 0 Å². The van der Waals surface area contributed by atoms with Crippen LogP contribution < -0.4 is 5.32 Å². The van der Waals surface area contributed by atoms with Gasteiger partial charge in [-0.25, -0.2) is 0 Å². The van der Waals surface area contributed by atoms with Gasteiger partial charge < -0.3 is 14.8 Å². The molecule has 1 saturated heterocycles. The lowest BCUT2D eigenvalue weighted by atomic mass is 9.98. The van der Waals surface area contributed by atoms with E-state index in [2.05, 4.69) is 42.3 Å². The third-order valence-electron chi connectivity index (χ3n) is 5.90. The van der Waals surface area contributed by atoms with E-state index in [1.807, 2.05) is 24.3 Å². The molecule has 29 heavy (non-hydrogen) atoms. The smallest absolute Gasteiger partial charge is 0.260 e. The zero-order valence-corrected chi connectivity index (χ0v) is 16.9. The number of hydrogen-bond acceptors (Lipinski definition) is 4. The minimum atomic E-state index is -0.0892. The second kappa shape index (κ2) is 7.32. The normalized spacial score (nSPS) is 26.1. The van der Waals surface area contributed by atoms with Gasteiger partial charge in [-0.2, -0.15) is 0 Å². The number of morpholine rings is 1. The first-order valence-corrected chi connectivity index (χ1v) is 10.4. The van der Waals surface area contributed by atoms with Crippen LogP contribution in [-0.4, -0.2) is 42.6 Å². The number of anilines is 1. The number of amides is 1. The largest absolute Gasteiger partial charge is 0.487 e. The number of carbonyl (C=O) groups is 1. The molecule has 150 valence electrons. The average molecular weight is 390 g/mol. The maximum atomic E-state index is 12.6. The molecule has 2 aromatic carbocycles. The molecule has 5 rings (SSSR count). The van der Waals surface area contributed by atoms with Gasteiger partial charge in [0.25, 0.3) is 5.91 Å². The van der Waals surface area contributed by atoms with E-state index in [4.69, 9.17) is 9.47 Å². The SMILES string of the molecule is CC1CN(CCc2ccc3c(c2)CO/C3=C2/C(=O)Nc3ccccc32)CC(C)O1. The second-order valence-electron chi connectivity index (χ2n) is 8.25. The van der Waals surface area contributed by atoms with Gasteiger partial charge in [-0.1, -0.05) is 36.4 Å². The predicted molar refractivity (Wildman–Crippen MR) is 113 cm³/mol. The molecule has 5 nitrogen and oxygen atoms in total. The Morgan fingerprint density at radius 2 is 1.86 bits per heavy atom. The quantitative estimate of drug-likeness (QED) is 0.812. The molecule has 0 radical (unpaired) electrons. The van der Waals surface area contributed by atoms with E-state index in [1.54, 1.807) is 0 Å². The predicted octanol–water partition coefficient (Wildman–Crippen LogP) is 3.69. The molecule has 1 N–H and O–H groups in total. The second-order valence-corrected chi connectivity index (χ2v) is 8.25. The summed E-state index contributed by atoms with van der Waals surface area (Å²) in [5.74, 6) is 0.610. The molecule has 3 aliphatic rings. The van der Waals surface area contributed by atoms with Crippen LogP contribution in [0, 0.1) is 0 Å². The fraction of sp³-hybridized carbons (Fsp3) is 0.375. The fourth-order valence-corrected chi connectivity index (χ4v) is 4.67. The number of ether oxygens (including phenoxy) is 2. The number of nitrogens with zero attached hydrogens (tertiary/aromatic N) is 1. The van der Waals surface area contributed by atoms with Crippen LogP contribution in [0.1, 0.15) is 36.1 Å². The monoisotopic (exact) mass is 390 g/mol. The van der Waals surface area contributed by atoms with Gasteiger partial charge in [0.15, 0.2) is 0 Å². The molecule has 5 heteroatoms. The van der Waals surface area contributed by atoms with Gasteiger partial charge in [0, 0.05) is 42.0 Å². The Morgan fingerprint density at radius 3 is 2.69 bits per heavy atom. The molecule has 1 amide bonds. The molecule has 2 unspecified atom stereocenters. The topological polar surface area (TPSA) is 50.8 Å². The van der Waals surface area contributed by atoms with Crippen LogP contribution >= 0.6 is 0 Å². The number of hydrogen-bond donors (Lipinski definition) is 1. The van der Waals surface area contributed by atoms with Crippen molar-refractivity contribution >= 4 is 22.9 Å². The summed E-state index contributed by atoms with van der Waals surface area (Å²) in [6, 6.07) is 14.3. The van der Waals surface area contributed by atoms with Crippen molar-refractivity contribution in [3.8, 4) is 0 Å². The maximum absolute atomic E-state index is 12.6. The van der Waals surface area contributed by atoms with E-state index in [1.165, 1.54) is 5.56 Å². The summed E-state index contributed by atoms with van der Waals surface area (Å²) in [7, 11) is 0. The zero-order valence-electron chi connectivity index (χ0n) is 16.9. The van der Waals surface area contributed by atoms with Crippen molar-refractivity contribution in [2.24, 2.45) is 0 Å². The van der Waals surface area contributed by atoms with Gasteiger partial charge in [-0.05, 0) is 31.9 Å². The lowest BCUT2D eigenvalue weighted by molar-refractivity contribution is -0.110. The molecule has 2 aromatic rings. The fourth-order valence-electron chi connectivity index (χ4n) is 4.67. The number of benzene rings is 2. The molecule has 3 aliphatic heterocycles. The Balaban J connectivity index is 1.37. The minimum Gasteiger partial charge on any atom is -0.487 e. The van der Waals surface area contributed by atoms with E-state index in [0.717, 1.165) is 48.4 Å². The van der Waals surface area contributed by atoms with E-state index in [9.17, 15) is 4.79 Å². The van der Waals surface area contributed by atoms with Crippen molar-refractivity contribution < 1.29 is 14.3 Å². The number of fused-ring (bicyclic) bond motifs is 2. The average Bonchev–Trinajstić information content (AvgIpc) is 3.24. The Kier molecular flexibility index (Phi) is 4.64. The van der Waals surface area contributed by atoms with Crippen LogP contribution in [0.15, 0.2) is 42.5 Å². The van der Waals surface area contributed by atoms with Gasteiger partial charge in [-0.15, -0.1) is 0 Å². The highest BCUT2D eigenvalue weighted by Gasteiger charge is 2.32. The van der Waals surface area contributed by atoms with Crippen LogP contribution in [0.3, 0.4) is 0 Å². The molecule has 3 heterocycles. The summed E-state index contributed by atoms with van der Waals surface area (Å²) in [5.41, 5.74) is 5.91. The maximum Gasteiger partial charge on any atom is 0.260 e. The number of rotatable bonds is 3. The summed E-state index contributed by atoms with van der Waals surface area (Å²) < 4.78 is 11.8. The highest BCUT2D eigenvalue weighted by Crippen LogP contribution is 2.41. The standard InChI is InChI=1S/C24H26N2O3/c1-15-12-26(13-16(2)29-15)10-9-17-7-8-19-18(11-17)14-28-23(19)22-20-5-3-4-6-21(20)25-24(22)27/h3-8,11,15-16H,9-10,12-14H2,1-2H3,(H,25,27)/b23-22+. The first-order chi connectivity index (χ1) is 14.1. The van der Waals surface area contributed by atoms with Crippen LogP contribution in [0.2, 0.25) is 0 Å². The first kappa shape index (κ1) is 18.4. The summed E-state index contributed by atoms with van der Waals surface area (Å²) >= 11 is 0. The third kappa shape index (κ3) is 3.45. The number of nitrogens with one attached hydrogen (secondary N) is 1. The Bertz CT molecular complexity index is 987. The van der Waals surface area contributed by atoms with Crippen LogP contribution in [0.5, 0.6) is 0 Å². The molecule has 2 atom stereocenters. The Labute approximate surface area is 171 Å². The van der Waals surface area contributed by atoms with Crippen molar-refractivity contribution in [2.75, 3.05) is 25.0 Å². The molecule has 0 aromatic heterocycles. The van der Waals surface area contributed by atoms with Gasteiger partial charge in [0.1, 0.15) is 12.4 Å². The molecule has 0 spiro atoms. The van der Waals surface area contributed by atoms with Crippen LogP contribution in [-0.2, 0) is 27.3 Å². The van der Waals surface area contributed by atoms with Crippen molar-refractivity contribution in [3.63, 3.8) is 0 Å². The lowest BCUT2D eigenvalue weighted by Gasteiger charge is -2.35. The van der Waals surface area contributed by atoms with Gasteiger partial charge >= 0.3 is 0 Å². The molecular formula is C24H26N2O3. The van der Waals surface area contributed by atoms with E-state index >= 15 is 0 Å². The molecule has 0 saturated carbocycles. The lowest BCUT2D eigenvalue weighted by Crippen LogP contribution is -2.46. The van der Waals surface area contributed by atoms with Crippen molar-refractivity contribution in [1.82, 2.24) is 4.90 Å². The number of carbonyl (C=O) groups excluding carboxylic acids is 1. The Morgan fingerprint density at radius 1 is 1.07 bits per heavy atom. The Hall–Kier alpha value is -2.63. The molecule has 0 aliphatic carbocycles. The van der Waals surface area contributed by atoms with Crippen LogP contribution in [0.25, 0.3) is 11.3 Å². The third-order valence-corrected chi connectivity index (χ3v) is 5.90. The summed E-state index contributed by atoms with van der Waals surface area (Å²) in [6.45, 7) is 7.81. The van der Waals surface area contributed by atoms with Crippen molar-refractivity contribution in [1.29, 1.82) is 0 Å². The zero-order chi connectivity index (χ0) is 20.0. The number of para-hydroxylation sites is 1. The minimum absolute atomic E-state index is 0.0892. The van der Waals surface area contributed by atoms with Gasteiger partial charge in [0.2, 0.25) is 0 Å². The highest BCUT2D eigenvalue weighted by molar-refractivity contribution is 6.36. The van der Waals surface area contributed by atoms with Gasteiger partial charge in [0.05, 0.1) is 17.8 Å². The van der Waals surface area contributed by atoms with Crippen molar-refractivity contribution in [2.45, 2.75) is 39.1 Å². The van der Waals surface area contributed by atoms with Crippen LogP contribution in [0.4, 0.5) is 5.69 Å². The summed E-state index contributed by atoms with van der Waals surface area (Å²) in [6.07, 6.45) is 1.59. The molecule has 0 bridgehead atoms. The van der Waals surface area contributed by atoms with Crippen molar-refractivity contribution in [3.05, 3.63) is 64.7 Å². The highest BCUT2D eigenvalue weighted by atomic mass is 16.5. The van der Waals surface area contributed by atoms with E-state index in [-0.39, 0.29) is 5.91 Å². The van der Waals surface area contributed by atoms with Gasteiger partial charge in [-0.3, -0.25) is 9.69 Å². The molecule has 1 fully saturated rings. The first-order valence-electron chi connectivity index (χ1n) is 10.4.